The lowest BCUT2D eigenvalue weighted by Gasteiger charge is -2.32. The molecule has 1 aliphatic carbocycles. The number of nitrogens with zero attached hydrogens (tertiary/aromatic N) is 2. The van der Waals surface area contributed by atoms with E-state index in [2.05, 4.69) is 35.9 Å². The molecule has 1 aromatic heterocycles. The van der Waals surface area contributed by atoms with Gasteiger partial charge in [-0.25, -0.2) is 0 Å². The highest BCUT2D eigenvalue weighted by atomic mass is 16.5. The fourth-order valence-corrected chi connectivity index (χ4v) is 3.47. The topological polar surface area (TPSA) is 39.1 Å². The smallest absolute Gasteiger partial charge is 0.161 e. The first kappa shape index (κ1) is 16.3. The molecule has 0 bridgehead atoms. The van der Waals surface area contributed by atoms with E-state index in [4.69, 9.17) is 4.74 Å². The van der Waals surface area contributed by atoms with Crippen molar-refractivity contribution in [3.05, 3.63) is 11.9 Å². The Hall–Kier alpha value is -1.03. The van der Waals surface area contributed by atoms with Crippen molar-refractivity contribution in [3.8, 4) is 5.75 Å². The van der Waals surface area contributed by atoms with Crippen LogP contribution in [0.2, 0.25) is 0 Å². The lowest BCUT2D eigenvalue weighted by atomic mass is 9.82. The Morgan fingerprint density at radius 3 is 2.62 bits per heavy atom. The van der Waals surface area contributed by atoms with Gasteiger partial charge in [0.25, 0.3) is 0 Å². The third kappa shape index (κ3) is 3.79. The van der Waals surface area contributed by atoms with Crippen LogP contribution in [0.3, 0.4) is 0 Å². The summed E-state index contributed by atoms with van der Waals surface area (Å²) in [5.41, 5.74) is 1.24. The second kappa shape index (κ2) is 7.83. The maximum Gasteiger partial charge on any atom is 0.161 e. The fourth-order valence-electron chi connectivity index (χ4n) is 3.47. The highest BCUT2D eigenvalue weighted by molar-refractivity contribution is 5.29. The van der Waals surface area contributed by atoms with E-state index in [1.165, 1.54) is 37.8 Å². The van der Waals surface area contributed by atoms with Crippen molar-refractivity contribution < 1.29 is 4.74 Å². The Balaban J connectivity index is 2.32. The molecule has 0 saturated heterocycles. The monoisotopic (exact) mass is 293 g/mol. The van der Waals surface area contributed by atoms with E-state index < -0.39 is 0 Å². The van der Waals surface area contributed by atoms with Gasteiger partial charge < -0.3 is 10.1 Å². The maximum absolute atomic E-state index is 5.60. The number of hydrogen-bond acceptors (Lipinski definition) is 3. The van der Waals surface area contributed by atoms with Gasteiger partial charge in [0.1, 0.15) is 0 Å². The lowest BCUT2D eigenvalue weighted by molar-refractivity contribution is 0.252. The van der Waals surface area contributed by atoms with E-state index in [-0.39, 0.29) is 0 Å². The number of aromatic nitrogens is 2. The van der Waals surface area contributed by atoms with Gasteiger partial charge in [-0.15, -0.1) is 0 Å². The van der Waals surface area contributed by atoms with Crippen LogP contribution >= 0.6 is 0 Å². The highest BCUT2D eigenvalue weighted by Gasteiger charge is 2.30. The van der Waals surface area contributed by atoms with Gasteiger partial charge in [-0.3, -0.25) is 4.68 Å². The van der Waals surface area contributed by atoms with Gasteiger partial charge >= 0.3 is 0 Å². The van der Waals surface area contributed by atoms with Crippen LogP contribution in [0, 0.1) is 5.92 Å². The van der Waals surface area contributed by atoms with Gasteiger partial charge in [0.2, 0.25) is 0 Å². The molecule has 1 fully saturated rings. The molecule has 0 aromatic carbocycles. The molecule has 21 heavy (non-hydrogen) atoms. The maximum atomic E-state index is 5.60. The summed E-state index contributed by atoms with van der Waals surface area (Å²) in [6.07, 6.45) is 9.75. The average Bonchev–Trinajstić information content (AvgIpc) is 2.93. The van der Waals surface area contributed by atoms with Crippen LogP contribution in [0.4, 0.5) is 0 Å². The van der Waals surface area contributed by atoms with Gasteiger partial charge in [-0.1, -0.05) is 26.2 Å². The zero-order valence-corrected chi connectivity index (χ0v) is 14.1. The summed E-state index contributed by atoms with van der Waals surface area (Å²) in [5, 5.41) is 8.33. The van der Waals surface area contributed by atoms with Crippen molar-refractivity contribution >= 4 is 0 Å². The largest absolute Gasteiger partial charge is 0.493 e. The van der Waals surface area contributed by atoms with Gasteiger partial charge in [0.15, 0.2) is 5.75 Å². The predicted molar refractivity (Wildman–Crippen MR) is 86.8 cm³/mol. The van der Waals surface area contributed by atoms with Gasteiger partial charge in [-0.05, 0) is 45.6 Å². The SMILES string of the molecule is CCCNC(c1c(OC)cnn1C(C)C)C1CCCCC1. The Labute approximate surface area is 129 Å². The Morgan fingerprint density at radius 2 is 2.05 bits per heavy atom. The minimum atomic E-state index is 0.360. The first-order valence-corrected chi connectivity index (χ1v) is 8.53. The van der Waals surface area contributed by atoms with E-state index in [0.29, 0.717) is 18.0 Å². The number of ether oxygens (including phenoxy) is 1. The molecule has 1 atom stereocenters. The molecule has 1 aliphatic rings. The van der Waals surface area contributed by atoms with E-state index in [0.717, 1.165) is 18.7 Å². The minimum absolute atomic E-state index is 0.360. The molecule has 0 aliphatic heterocycles. The summed E-state index contributed by atoms with van der Waals surface area (Å²) in [6, 6.07) is 0.725. The van der Waals surface area contributed by atoms with Crippen molar-refractivity contribution in [1.82, 2.24) is 15.1 Å². The van der Waals surface area contributed by atoms with Crippen molar-refractivity contribution in [2.45, 2.75) is 71.4 Å². The summed E-state index contributed by atoms with van der Waals surface area (Å²) in [6.45, 7) is 7.65. The summed E-state index contributed by atoms with van der Waals surface area (Å²) >= 11 is 0. The lowest BCUT2D eigenvalue weighted by Crippen LogP contribution is -2.33. The Bertz CT molecular complexity index is 422. The second-order valence-corrected chi connectivity index (χ2v) is 6.47. The number of nitrogens with one attached hydrogen (secondary N) is 1. The van der Waals surface area contributed by atoms with Crippen molar-refractivity contribution in [3.63, 3.8) is 0 Å². The van der Waals surface area contributed by atoms with E-state index >= 15 is 0 Å². The first-order chi connectivity index (χ1) is 10.2. The highest BCUT2D eigenvalue weighted by Crippen LogP contribution is 2.38. The summed E-state index contributed by atoms with van der Waals surface area (Å²) in [4.78, 5) is 0. The van der Waals surface area contributed by atoms with Crippen molar-refractivity contribution in [1.29, 1.82) is 0 Å². The minimum Gasteiger partial charge on any atom is -0.493 e. The molecule has 4 nitrogen and oxygen atoms in total. The Morgan fingerprint density at radius 1 is 1.33 bits per heavy atom. The number of rotatable bonds is 7. The molecule has 0 spiro atoms. The zero-order chi connectivity index (χ0) is 15.2. The standard InChI is InChI=1S/C17H31N3O/c1-5-11-18-16(14-9-7-6-8-10-14)17-15(21-4)12-19-20(17)13(2)3/h12-14,16,18H,5-11H2,1-4H3. The molecule has 1 N–H and O–H groups in total. The fraction of sp³-hybridized carbons (Fsp3) is 0.824. The quantitative estimate of drug-likeness (QED) is 0.823. The van der Waals surface area contributed by atoms with Gasteiger partial charge in [0, 0.05) is 6.04 Å². The molecule has 1 saturated carbocycles. The first-order valence-electron chi connectivity index (χ1n) is 8.53. The van der Waals surface area contributed by atoms with Crippen LogP contribution < -0.4 is 10.1 Å². The van der Waals surface area contributed by atoms with Crippen LogP contribution in [-0.4, -0.2) is 23.4 Å². The summed E-state index contributed by atoms with van der Waals surface area (Å²) in [5.74, 6) is 1.64. The van der Waals surface area contributed by atoms with Crippen molar-refractivity contribution in [2.24, 2.45) is 5.92 Å². The van der Waals surface area contributed by atoms with Gasteiger partial charge in [-0.2, -0.15) is 5.10 Å². The van der Waals surface area contributed by atoms with Crippen LogP contribution in [0.15, 0.2) is 6.20 Å². The second-order valence-electron chi connectivity index (χ2n) is 6.47. The third-order valence-corrected chi connectivity index (χ3v) is 4.54. The van der Waals surface area contributed by atoms with E-state index in [9.17, 15) is 0 Å². The molecule has 1 aromatic rings. The van der Waals surface area contributed by atoms with Crippen LogP contribution in [0.5, 0.6) is 5.75 Å². The van der Waals surface area contributed by atoms with E-state index in [1.54, 1.807) is 7.11 Å². The van der Waals surface area contributed by atoms with Crippen LogP contribution in [0.25, 0.3) is 0 Å². The molecule has 1 heterocycles. The molecular weight excluding hydrogens is 262 g/mol. The molecule has 2 rings (SSSR count). The van der Waals surface area contributed by atoms with Crippen LogP contribution in [-0.2, 0) is 0 Å². The van der Waals surface area contributed by atoms with Crippen LogP contribution in [0.1, 0.15) is 77.1 Å². The van der Waals surface area contributed by atoms with Gasteiger partial charge in [0.05, 0.1) is 25.0 Å². The molecule has 120 valence electrons. The predicted octanol–water partition coefficient (Wildman–Crippen LogP) is 4.09. The summed E-state index contributed by atoms with van der Waals surface area (Å²) in [7, 11) is 1.75. The molecule has 1 unspecified atom stereocenters. The zero-order valence-electron chi connectivity index (χ0n) is 14.1. The molecule has 4 heteroatoms. The molecular formula is C17H31N3O. The average molecular weight is 293 g/mol. The third-order valence-electron chi connectivity index (χ3n) is 4.54. The molecule has 0 amide bonds. The Kier molecular flexibility index (Phi) is 6.09. The van der Waals surface area contributed by atoms with E-state index in [1.807, 2.05) is 6.20 Å². The normalized spacial score (nSPS) is 18.1. The molecule has 0 radical (unpaired) electrons. The number of hydrogen-bond donors (Lipinski definition) is 1. The number of methoxy groups -OCH3 is 1. The van der Waals surface area contributed by atoms with Crippen molar-refractivity contribution in [2.75, 3.05) is 13.7 Å². The summed E-state index contributed by atoms with van der Waals surface area (Å²) < 4.78 is 7.74.